The molecule has 3 heterocycles. The average Bonchev–Trinajstić information content (AvgIpc) is 3.47. The van der Waals surface area contributed by atoms with Crippen LogP contribution in [-0.4, -0.2) is 60.2 Å². The minimum atomic E-state index is -0.419. The largest absolute Gasteiger partial charge is 0.442 e. The quantitative estimate of drug-likeness (QED) is 0.823. The van der Waals surface area contributed by atoms with Crippen LogP contribution in [0.1, 0.15) is 35.4 Å². The summed E-state index contributed by atoms with van der Waals surface area (Å²) < 4.78 is 10.3. The normalized spacial score (nSPS) is 21.3. The Morgan fingerprint density at radius 2 is 2.00 bits per heavy atom. The number of aromatic nitrogens is 1. The lowest BCUT2D eigenvalue weighted by Crippen LogP contribution is -2.33. The molecule has 2 fully saturated rings. The first-order valence-corrected chi connectivity index (χ1v) is 9.54. The van der Waals surface area contributed by atoms with Crippen molar-refractivity contribution in [1.29, 1.82) is 0 Å². The lowest BCUT2D eigenvalue weighted by atomic mass is 9.98. The predicted molar refractivity (Wildman–Crippen MR) is 103 cm³/mol. The van der Waals surface area contributed by atoms with E-state index in [0.717, 1.165) is 17.7 Å². The topological polar surface area (TPSA) is 105 Å². The number of cyclic esters (lactones) is 1. The molecule has 2 aliphatic rings. The van der Waals surface area contributed by atoms with E-state index in [9.17, 15) is 14.4 Å². The highest BCUT2D eigenvalue weighted by atomic mass is 16.6. The summed E-state index contributed by atoms with van der Waals surface area (Å²) in [7, 11) is 0. The van der Waals surface area contributed by atoms with Crippen molar-refractivity contribution in [2.75, 3.05) is 31.1 Å². The van der Waals surface area contributed by atoms with Gasteiger partial charge in [0.25, 0.3) is 5.91 Å². The molecule has 0 aliphatic carbocycles. The Hall–Kier alpha value is -3.36. The zero-order valence-electron chi connectivity index (χ0n) is 16.0. The van der Waals surface area contributed by atoms with Gasteiger partial charge in [-0.15, -0.1) is 0 Å². The highest BCUT2D eigenvalue weighted by Crippen LogP contribution is 2.30. The van der Waals surface area contributed by atoms with Gasteiger partial charge in [0.15, 0.2) is 0 Å². The Kier molecular flexibility index (Phi) is 5.20. The molecule has 2 aliphatic heterocycles. The molecule has 9 heteroatoms. The van der Waals surface area contributed by atoms with Crippen molar-refractivity contribution in [2.45, 2.75) is 25.4 Å². The SMILES string of the molecule is CC(=O)NC[C@H]1CN(c2ccc(C3CCN(C(=O)c4ccno4)C3)cc2)C(=O)O1. The molecule has 1 aromatic heterocycles. The third-order valence-electron chi connectivity index (χ3n) is 5.25. The van der Waals surface area contributed by atoms with Crippen LogP contribution in [0.5, 0.6) is 0 Å². The Morgan fingerprint density at radius 1 is 1.21 bits per heavy atom. The van der Waals surface area contributed by atoms with Crippen LogP contribution in [0.25, 0.3) is 0 Å². The van der Waals surface area contributed by atoms with Crippen LogP contribution >= 0.6 is 0 Å². The van der Waals surface area contributed by atoms with Crippen molar-refractivity contribution in [3.8, 4) is 0 Å². The van der Waals surface area contributed by atoms with Crippen molar-refractivity contribution in [1.82, 2.24) is 15.4 Å². The summed E-state index contributed by atoms with van der Waals surface area (Å²) in [5, 5.41) is 6.25. The molecule has 0 saturated carbocycles. The molecule has 0 bridgehead atoms. The van der Waals surface area contributed by atoms with Crippen LogP contribution in [0.15, 0.2) is 41.1 Å². The fraction of sp³-hybridized carbons (Fsp3) is 0.400. The van der Waals surface area contributed by atoms with Gasteiger partial charge in [-0.2, -0.15) is 0 Å². The Morgan fingerprint density at radius 3 is 2.69 bits per heavy atom. The molecule has 4 rings (SSSR count). The van der Waals surface area contributed by atoms with Crippen LogP contribution in [0, 0.1) is 0 Å². The third-order valence-corrected chi connectivity index (χ3v) is 5.25. The van der Waals surface area contributed by atoms with Gasteiger partial charge in [-0.1, -0.05) is 17.3 Å². The number of ether oxygens (including phenoxy) is 1. The molecule has 2 atom stereocenters. The van der Waals surface area contributed by atoms with Gasteiger partial charge in [-0.25, -0.2) is 4.79 Å². The molecule has 1 aromatic carbocycles. The van der Waals surface area contributed by atoms with Crippen molar-refractivity contribution < 1.29 is 23.6 Å². The number of likely N-dealkylation sites (tertiary alicyclic amines) is 1. The Bertz CT molecular complexity index is 896. The van der Waals surface area contributed by atoms with Gasteiger partial charge in [-0.3, -0.25) is 14.5 Å². The minimum Gasteiger partial charge on any atom is -0.442 e. The van der Waals surface area contributed by atoms with Crippen LogP contribution in [-0.2, 0) is 9.53 Å². The third kappa shape index (κ3) is 4.08. The molecule has 152 valence electrons. The summed E-state index contributed by atoms with van der Waals surface area (Å²) in [6.45, 7) is 3.39. The molecule has 2 aromatic rings. The number of nitrogens with zero attached hydrogens (tertiary/aromatic N) is 3. The van der Waals surface area contributed by atoms with Crippen LogP contribution < -0.4 is 10.2 Å². The van der Waals surface area contributed by atoms with Crippen LogP contribution in [0.2, 0.25) is 0 Å². The summed E-state index contributed by atoms with van der Waals surface area (Å²) in [5.41, 5.74) is 1.86. The second-order valence-corrected chi connectivity index (χ2v) is 7.26. The second-order valence-electron chi connectivity index (χ2n) is 7.26. The smallest absolute Gasteiger partial charge is 0.414 e. The standard InChI is InChI=1S/C20H22N4O5/c1-13(25)21-10-17-12-24(20(27)28-17)16-4-2-14(3-5-16)15-7-9-23(11-15)19(26)18-6-8-22-29-18/h2-6,8,15,17H,7,9-12H2,1H3,(H,21,25)/t15?,17-/m0/s1. The first-order chi connectivity index (χ1) is 14.0. The maximum Gasteiger partial charge on any atom is 0.414 e. The van der Waals surface area contributed by atoms with Gasteiger partial charge in [0.2, 0.25) is 11.7 Å². The number of carbonyl (C=O) groups excluding carboxylic acids is 3. The average molecular weight is 398 g/mol. The van der Waals surface area contributed by atoms with Gasteiger partial charge in [0.1, 0.15) is 6.10 Å². The van der Waals surface area contributed by atoms with E-state index in [-0.39, 0.29) is 29.6 Å². The van der Waals surface area contributed by atoms with Gasteiger partial charge >= 0.3 is 6.09 Å². The number of hydrogen-bond donors (Lipinski definition) is 1. The summed E-state index contributed by atoms with van der Waals surface area (Å²) in [4.78, 5) is 38.9. The molecule has 0 radical (unpaired) electrons. The molecule has 1 unspecified atom stereocenters. The summed E-state index contributed by atoms with van der Waals surface area (Å²) >= 11 is 0. The molecule has 3 amide bonds. The summed E-state index contributed by atoms with van der Waals surface area (Å²) in [5.74, 6) is 0.180. The second kappa shape index (κ2) is 7.94. The van der Waals surface area contributed by atoms with Gasteiger partial charge < -0.3 is 19.5 Å². The molecule has 1 N–H and O–H groups in total. The molecular weight excluding hydrogens is 376 g/mol. The van der Waals surface area contributed by atoms with E-state index in [1.807, 2.05) is 24.3 Å². The maximum absolute atomic E-state index is 12.4. The summed E-state index contributed by atoms with van der Waals surface area (Å²) in [6.07, 6.45) is 1.54. The number of carbonyl (C=O) groups is 3. The van der Waals surface area contributed by atoms with Crippen molar-refractivity contribution in [3.05, 3.63) is 47.9 Å². The number of rotatable bonds is 5. The monoisotopic (exact) mass is 398 g/mol. The number of nitrogens with one attached hydrogen (secondary N) is 1. The molecule has 9 nitrogen and oxygen atoms in total. The van der Waals surface area contributed by atoms with Gasteiger partial charge in [0.05, 0.1) is 19.3 Å². The van der Waals surface area contributed by atoms with E-state index in [1.165, 1.54) is 13.1 Å². The molecular formula is C20H22N4O5. The highest BCUT2D eigenvalue weighted by Gasteiger charge is 2.33. The van der Waals surface area contributed by atoms with Crippen LogP contribution in [0.4, 0.5) is 10.5 Å². The molecule has 29 heavy (non-hydrogen) atoms. The number of benzene rings is 1. The van der Waals surface area contributed by atoms with Crippen LogP contribution in [0.3, 0.4) is 0 Å². The first kappa shape index (κ1) is 19.0. The maximum atomic E-state index is 12.4. The van der Waals surface area contributed by atoms with E-state index < -0.39 is 6.09 Å². The van der Waals surface area contributed by atoms with E-state index in [4.69, 9.17) is 9.26 Å². The number of amides is 3. The molecule has 2 saturated heterocycles. The fourth-order valence-corrected chi connectivity index (χ4v) is 3.72. The summed E-state index contributed by atoms with van der Waals surface area (Å²) in [6, 6.07) is 9.31. The molecule has 0 spiro atoms. The van der Waals surface area contributed by atoms with Crippen molar-refractivity contribution in [2.24, 2.45) is 0 Å². The first-order valence-electron chi connectivity index (χ1n) is 9.54. The lowest BCUT2D eigenvalue weighted by molar-refractivity contribution is -0.119. The van der Waals surface area contributed by atoms with E-state index >= 15 is 0 Å². The minimum absolute atomic E-state index is 0.147. The van der Waals surface area contributed by atoms with Gasteiger partial charge in [0, 0.05) is 37.7 Å². The zero-order valence-corrected chi connectivity index (χ0v) is 16.0. The zero-order chi connectivity index (χ0) is 20.4. The van der Waals surface area contributed by atoms with E-state index in [0.29, 0.717) is 26.2 Å². The Labute approximate surface area is 167 Å². The number of anilines is 1. The Balaban J connectivity index is 1.37. The van der Waals surface area contributed by atoms with Crippen molar-refractivity contribution >= 4 is 23.6 Å². The fourth-order valence-electron chi connectivity index (χ4n) is 3.72. The van der Waals surface area contributed by atoms with Gasteiger partial charge in [-0.05, 0) is 24.1 Å². The lowest BCUT2D eigenvalue weighted by Gasteiger charge is -2.17. The van der Waals surface area contributed by atoms with E-state index in [2.05, 4.69) is 10.5 Å². The van der Waals surface area contributed by atoms with E-state index in [1.54, 1.807) is 15.9 Å². The predicted octanol–water partition coefficient (Wildman–Crippen LogP) is 1.77. The number of hydrogen-bond acceptors (Lipinski definition) is 6. The van der Waals surface area contributed by atoms with Crippen molar-refractivity contribution in [3.63, 3.8) is 0 Å². The highest BCUT2D eigenvalue weighted by molar-refractivity contribution is 5.91.